The number of pyridine rings is 2. The first-order valence-corrected chi connectivity index (χ1v) is 18.0. The number of hydrogen-bond donors (Lipinski definition) is 5. The summed E-state index contributed by atoms with van der Waals surface area (Å²) in [6.07, 6.45) is 3.90. The number of aliphatic hydroxyl groups excluding tert-OH is 1. The number of carbonyl (C=O) groups is 4. The number of nitrogens with one attached hydrogen (secondary N) is 4. The van der Waals surface area contributed by atoms with Crippen molar-refractivity contribution in [3.8, 4) is 0 Å². The summed E-state index contributed by atoms with van der Waals surface area (Å²) in [5.74, 6) is -1.76. The topological polar surface area (TPSA) is 181 Å². The van der Waals surface area contributed by atoms with E-state index >= 15 is 0 Å². The SMILES string of the molecule is CC(C)[C@H](NC(=O)OCc1cccnc1)C(=O)N[C@@H](Cc1ccccc1)C(O)[C@H](Cc1ccccc1)NC(=O)[C@@H](NC(=O)OCc1cccnc1)C(C)C. The van der Waals surface area contributed by atoms with Crippen LogP contribution in [-0.2, 0) is 45.1 Å². The molecule has 0 saturated carbocycles. The first-order valence-electron chi connectivity index (χ1n) is 18.0. The van der Waals surface area contributed by atoms with E-state index in [1.54, 1.807) is 76.7 Å². The fourth-order valence-corrected chi connectivity index (χ4v) is 5.75. The predicted molar refractivity (Wildman–Crippen MR) is 203 cm³/mol. The summed E-state index contributed by atoms with van der Waals surface area (Å²) in [7, 11) is 0. The Hall–Kier alpha value is -5.82. The average molecular weight is 739 g/mol. The number of nitrogens with zero attached hydrogens (tertiary/aromatic N) is 2. The summed E-state index contributed by atoms with van der Waals surface area (Å²) >= 11 is 0. The van der Waals surface area contributed by atoms with E-state index in [1.165, 1.54) is 0 Å². The number of aromatic nitrogens is 2. The highest BCUT2D eigenvalue weighted by Gasteiger charge is 2.35. The van der Waals surface area contributed by atoms with Gasteiger partial charge in [-0.05, 0) is 47.9 Å². The number of carbonyl (C=O) groups excluding carboxylic acids is 4. The normalized spacial score (nSPS) is 13.3. The second kappa shape index (κ2) is 21.0. The van der Waals surface area contributed by atoms with Crippen LogP contribution in [0.15, 0.2) is 110 Å². The smallest absolute Gasteiger partial charge is 0.408 e. The minimum Gasteiger partial charge on any atom is -0.445 e. The monoisotopic (exact) mass is 738 g/mol. The Morgan fingerprint density at radius 2 is 0.926 bits per heavy atom. The number of hydrogen-bond acceptors (Lipinski definition) is 9. The Morgan fingerprint density at radius 3 is 1.26 bits per heavy atom. The molecule has 0 fully saturated rings. The molecule has 13 nitrogen and oxygen atoms in total. The van der Waals surface area contributed by atoms with Gasteiger partial charge < -0.3 is 35.8 Å². The van der Waals surface area contributed by atoms with Crippen LogP contribution in [0.3, 0.4) is 0 Å². The van der Waals surface area contributed by atoms with E-state index in [4.69, 9.17) is 9.47 Å². The van der Waals surface area contributed by atoms with Crippen LogP contribution in [-0.4, -0.2) is 69.3 Å². The number of ether oxygens (including phenoxy) is 2. The van der Waals surface area contributed by atoms with Gasteiger partial charge in [0.15, 0.2) is 0 Å². The van der Waals surface area contributed by atoms with E-state index in [2.05, 4.69) is 31.2 Å². The quantitative estimate of drug-likeness (QED) is 0.0983. The molecule has 0 aliphatic rings. The van der Waals surface area contributed by atoms with Crippen molar-refractivity contribution >= 4 is 24.0 Å². The van der Waals surface area contributed by atoms with Gasteiger partial charge in [0, 0.05) is 35.9 Å². The van der Waals surface area contributed by atoms with Gasteiger partial charge in [-0.25, -0.2) is 9.59 Å². The van der Waals surface area contributed by atoms with Gasteiger partial charge in [-0.3, -0.25) is 19.6 Å². The highest BCUT2D eigenvalue weighted by molar-refractivity contribution is 5.87. The van der Waals surface area contributed by atoms with Crippen LogP contribution < -0.4 is 21.3 Å². The van der Waals surface area contributed by atoms with Gasteiger partial charge in [0.05, 0.1) is 18.2 Å². The lowest BCUT2D eigenvalue weighted by Gasteiger charge is -2.34. The van der Waals surface area contributed by atoms with E-state index in [1.807, 2.05) is 60.7 Å². The molecule has 0 aliphatic carbocycles. The summed E-state index contributed by atoms with van der Waals surface area (Å²) in [4.78, 5) is 61.5. The second-order valence-electron chi connectivity index (χ2n) is 13.7. The predicted octanol–water partition coefficient (Wildman–Crippen LogP) is 4.49. The molecule has 2 aromatic carbocycles. The third kappa shape index (κ3) is 13.3. The molecular formula is C41H50N6O7. The molecule has 13 heteroatoms. The Labute approximate surface area is 316 Å². The van der Waals surface area contributed by atoms with Gasteiger partial charge in [0.1, 0.15) is 25.3 Å². The molecule has 4 amide bonds. The fourth-order valence-electron chi connectivity index (χ4n) is 5.75. The Morgan fingerprint density at radius 1 is 0.556 bits per heavy atom. The molecule has 0 aliphatic heterocycles. The molecule has 0 saturated heterocycles. The summed E-state index contributed by atoms with van der Waals surface area (Å²) in [6.45, 7) is 7.08. The summed E-state index contributed by atoms with van der Waals surface area (Å²) < 4.78 is 10.7. The Balaban J connectivity index is 1.54. The zero-order valence-electron chi connectivity index (χ0n) is 31.1. The molecule has 0 radical (unpaired) electrons. The number of benzene rings is 2. The van der Waals surface area contributed by atoms with Crippen molar-refractivity contribution in [3.63, 3.8) is 0 Å². The van der Waals surface area contributed by atoms with Crippen molar-refractivity contribution < 1.29 is 33.8 Å². The summed E-state index contributed by atoms with van der Waals surface area (Å²) in [5, 5.41) is 23.4. The maximum atomic E-state index is 13.9. The van der Waals surface area contributed by atoms with Gasteiger partial charge >= 0.3 is 12.2 Å². The van der Waals surface area contributed by atoms with Crippen molar-refractivity contribution in [1.29, 1.82) is 0 Å². The lowest BCUT2D eigenvalue weighted by molar-refractivity contribution is -0.126. The Kier molecular flexibility index (Phi) is 15.9. The second-order valence-corrected chi connectivity index (χ2v) is 13.7. The Bertz CT molecular complexity index is 1620. The van der Waals surface area contributed by atoms with Crippen LogP contribution in [0, 0.1) is 11.8 Å². The third-order valence-electron chi connectivity index (χ3n) is 8.71. The van der Waals surface area contributed by atoms with E-state index in [-0.39, 0.29) is 37.9 Å². The first-order chi connectivity index (χ1) is 26.0. The molecule has 2 aromatic heterocycles. The fraction of sp³-hybridized carbons (Fsp3) is 0.366. The number of amides is 4. The number of alkyl carbamates (subject to hydrolysis) is 2. The largest absolute Gasteiger partial charge is 0.445 e. The van der Waals surface area contributed by atoms with Crippen molar-refractivity contribution in [2.75, 3.05) is 0 Å². The zero-order chi connectivity index (χ0) is 38.9. The zero-order valence-corrected chi connectivity index (χ0v) is 31.1. The van der Waals surface area contributed by atoms with Crippen molar-refractivity contribution in [3.05, 3.63) is 132 Å². The van der Waals surface area contributed by atoms with Crippen LogP contribution in [0.25, 0.3) is 0 Å². The van der Waals surface area contributed by atoms with Crippen LogP contribution in [0.4, 0.5) is 9.59 Å². The first kappa shape index (κ1) is 40.9. The lowest BCUT2D eigenvalue weighted by Crippen LogP contribution is -2.61. The molecule has 0 unspecified atom stereocenters. The van der Waals surface area contributed by atoms with Crippen molar-refractivity contribution in [2.45, 2.75) is 84.0 Å². The number of rotatable bonds is 18. The van der Waals surface area contributed by atoms with E-state index < -0.39 is 54.3 Å². The maximum absolute atomic E-state index is 13.9. The molecule has 4 rings (SSSR count). The summed E-state index contributed by atoms with van der Waals surface area (Å²) in [5.41, 5.74) is 3.03. The average Bonchev–Trinajstić information content (AvgIpc) is 3.17. The van der Waals surface area contributed by atoms with Gasteiger partial charge in [-0.2, -0.15) is 0 Å². The van der Waals surface area contributed by atoms with Gasteiger partial charge in [0.2, 0.25) is 11.8 Å². The van der Waals surface area contributed by atoms with Crippen LogP contribution in [0.5, 0.6) is 0 Å². The maximum Gasteiger partial charge on any atom is 0.408 e. The molecule has 5 N–H and O–H groups in total. The number of aliphatic hydroxyl groups is 1. The van der Waals surface area contributed by atoms with Crippen LogP contribution >= 0.6 is 0 Å². The van der Waals surface area contributed by atoms with Gasteiger partial charge in [-0.15, -0.1) is 0 Å². The summed E-state index contributed by atoms with van der Waals surface area (Å²) in [6, 6.07) is 21.8. The van der Waals surface area contributed by atoms with E-state index in [0.29, 0.717) is 11.1 Å². The molecule has 0 bridgehead atoms. The molecule has 2 heterocycles. The van der Waals surface area contributed by atoms with Gasteiger partial charge in [0.25, 0.3) is 0 Å². The molecular weight excluding hydrogens is 688 g/mol. The molecule has 54 heavy (non-hydrogen) atoms. The highest BCUT2D eigenvalue weighted by Crippen LogP contribution is 2.16. The van der Waals surface area contributed by atoms with E-state index in [0.717, 1.165) is 11.1 Å². The van der Waals surface area contributed by atoms with Crippen LogP contribution in [0.2, 0.25) is 0 Å². The molecule has 4 aromatic rings. The van der Waals surface area contributed by atoms with Crippen molar-refractivity contribution in [1.82, 2.24) is 31.2 Å². The minimum absolute atomic E-state index is 0.0310. The lowest BCUT2D eigenvalue weighted by atomic mass is 9.91. The van der Waals surface area contributed by atoms with Gasteiger partial charge in [-0.1, -0.05) is 100 Å². The van der Waals surface area contributed by atoms with Crippen molar-refractivity contribution in [2.24, 2.45) is 11.8 Å². The molecule has 286 valence electrons. The highest BCUT2D eigenvalue weighted by atomic mass is 16.6. The third-order valence-corrected chi connectivity index (χ3v) is 8.71. The van der Waals surface area contributed by atoms with E-state index in [9.17, 15) is 24.3 Å². The standard InChI is InChI=1S/C41H50N6O7/c1-27(2)35(46-40(51)53-25-31-17-11-19-42-23-31)38(49)44-33(21-29-13-7-5-8-14-29)37(48)34(22-30-15-9-6-10-16-30)45-39(50)36(28(3)4)47-41(52)54-26-32-18-12-20-43-24-32/h5-20,23-24,27-28,33-37,48H,21-22,25-26H2,1-4H3,(H,44,49)(H,45,50)(H,46,51)(H,47,52)/t33-,34-,35-,36-/m0/s1. The molecule has 0 spiro atoms. The van der Waals surface area contributed by atoms with Crippen LogP contribution in [0.1, 0.15) is 49.9 Å². The molecule has 4 atom stereocenters. The minimum atomic E-state index is -1.32.